The van der Waals surface area contributed by atoms with Gasteiger partial charge in [0.25, 0.3) is 0 Å². The number of aromatic nitrogens is 1. The summed E-state index contributed by atoms with van der Waals surface area (Å²) in [7, 11) is 0. The maximum Gasteiger partial charge on any atom is 0.147 e. The lowest BCUT2D eigenvalue weighted by atomic mass is 10.0. The molecule has 5 heteroatoms. The summed E-state index contributed by atoms with van der Waals surface area (Å²) < 4.78 is 5.55. The molecule has 0 spiro atoms. The minimum absolute atomic E-state index is 0.0777. The molecule has 3 N–H and O–H groups in total. The Morgan fingerprint density at radius 2 is 2.16 bits per heavy atom. The molecule has 1 fully saturated rings. The molecule has 1 aromatic heterocycles. The van der Waals surface area contributed by atoms with E-state index in [1.807, 2.05) is 12.1 Å². The molecule has 3 atom stereocenters. The van der Waals surface area contributed by atoms with Crippen LogP contribution in [0.5, 0.6) is 5.75 Å². The molecular formula is C14H15NO4. The van der Waals surface area contributed by atoms with Crippen LogP contribution in [0.4, 0.5) is 0 Å². The third kappa shape index (κ3) is 2.06. The largest absolute Gasteiger partial charge is 0.505 e. The number of aliphatic hydroxyl groups is 2. The fourth-order valence-corrected chi connectivity index (χ4v) is 2.50. The topological polar surface area (TPSA) is 82.8 Å². The minimum atomic E-state index is -0.714. The van der Waals surface area contributed by atoms with Crippen LogP contribution in [0.2, 0.25) is 0 Å². The summed E-state index contributed by atoms with van der Waals surface area (Å²) in [5.41, 5.74) is 1.12. The normalized spacial score (nSPS) is 26.9. The van der Waals surface area contributed by atoms with Crippen LogP contribution in [-0.4, -0.2) is 39.1 Å². The molecular weight excluding hydrogens is 246 g/mol. The Hall–Kier alpha value is -1.69. The zero-order valence-electron chi connectivity index (χ0n) is 10.2. The van der Waals surface area contributed by atoms with Gasteiger partial charge in [0, 0.05) is 23.6 Å². The van der Waals surface area contributed by atoms with Gasteiger partial charge in [-0.25, -0.2) is 0 Å². The maximum atomic E-state index is 10.3. The molecule has 5 nitrogen and oxygen atoms in total. The van der Waals surface area contributed by atoms with Gasteiger partial charge < -0.3 is 20.1 Å². The van der Waals surface area contributed by atoms with Crippen molar-refractivity contribution < 1.29 is 20.1 Å². The van der Waals surface area contributed by atoms with Gasteiger partial charge in [-0.15, -0.1) is 0 Å². The van der Waals surface area contributed by atoms with Gasteiger partial charge in [0.05, 0.1) is 18.8 Å². The van der Waals surface area contributed by atoms with Crippen molar-refractivity contribution in [1.29, 1.82) is 0 Å². The van der Waals surface area contributed by atoms with Gasteiger partial charge in [-0.1, -0.05) is 18.2 Å². The zero-order valence-corrected chi connectivity index (χ0v) is 10.2. The summed E-state index contributed by atoms with van der Waals surface area (Å²) in [6.07, 6.45) is 0.250. The van der Waals surface area contributed by atoms with Crippen LogP contribution < -0.4 is 0 Å². The molecule has 0 unspecified atom stereocenters. The van der Waals surface area contributed by atoms with Gasteiger partial charge in [0.1, 0.15) is 17.4 Å². The fourth-order valence-electron chi connectivity index (χ4n) is 2.50. The molecule has 0 radical (unpaired) electrons. The number of pyridine rings is 1. The van der Waals surface area contributed by atoms with Crippen LogP contribution in [0.25, 0.3) is 10.9 Å². The number of nitrogens with zero attached hydrogens (tertiary/aromatic N) is 1. The van der Waals surface area contributed by atoms with Gasteiger partial charge in [0.2, 0.25) is 0 Å². The molecule has 100 valence electrons. The van der Waals surface area contributed by atoms with Gasteiger partial charge in [0.15, 0.2) is 0 Å². The van der Waals surface area contributed by atoms with Crippen molar-refractivity contribution in [2.45, 2.75) is 24.7 Å². The van der Waals surface area contributed by atoms with Crippen molar-refractivity contribution in [2.75, 3.05) is 6.61 Å². The Labute approximate surface area is 110 Å². The van der Waals surface area contributed by atoms with E-state index in [1.165, 1.54) is 0 Å². The smallest absolute Gasteiger partial charge is 0.147 e. The summed E-state index contributed by atoms with van der Waals surface area (Å²) >= 11 is 0. The van der Waals surface area contributed by atoms with E-state index in [1.54, 1.807) is 18.3 Å². The first-order valence-electron chi connectivity index (χ1n) is 6.21. The number of rotatable bonds is 2. The van der Waals surface area contributed by atoms with Crippen LogP contribution >= 0.6 is 0 Å². The lowest BCUT2D eigenvalue weighted by molar-refractivity contribution is -0.0229. The van der Waals surface area contributed by atoms with Gasteiger partial charge in [-0.05, 0) is 6.07 Å². The molecule has 0 bridgehead atoms. The van der Waals surface area contributed by atoms with Crippen molar-refractivity contribution in [3.63, 3.8) is 0 Å². The number of phenolic OH excluding ortho intramolecular Hbond substituents is 1. The highest BCUT2D eigenvalue weighted by Gasteiger charge is 2.35. The second-order valence-electron chi connectivity index (χ2n) is 4.73. The number of aliphatic hydroxyl groups excluding tert-OH is 2. The summed E-state index contributed by atoms with van der Waals surface area (Å²) in [6, 6.07) is 7.31. The number of hydrogen-bond acceptors (Lipinski definition) is 5. The summed E-state index contributed by atoms with van der Waals surface area (Å²) in [5, 5.41) is 29.9. The predicted octanol–water partition coefficient (Wildman–Crippen LogP) is 1.12. The van der Waals surface area contributed by atoms with Crippen LogP contribution in [0.1, 0.15) is 18.1 Å². The zero-order chi connectivity index (χ0) is 13.4. The summed E-state index contributed by atoms with van der Waals surface area (Å²) in [5.74, 6) is 0.0777. The number of aromatic hydroxyl groups is 1. The summed E-state index contributed by atoms with van der Waals surface area (Å²) in [4.78, 5) is 4.15. The quantitative estimate of drug-likeness (QED) is 0.754. The Balaban J connectivity index is 2.00. The Morgan fingerprint density at radius 3 is 2.89 bits per heavy atom. The molecule has 0 amide bonds. The van der Waals surface area contributed by atoms with E-state index >= 15 is 0 Å². The highest BCUT2D eigenvalue weighted by Crippen LogP contribution is 2.39. The Kier molecular flexibility index (Phi) is 3.10. The van der Waals surface area contributed by atoms with Crippen molar-refractivity contribution in [3.05, 3.63) is 36.0 Å². The molecule has 19 heavy (non-hydrogen) atoms. The number of phenols is 1. The van der Waals surface area contributed by atoms with E-state index in [0.29, 0.717) is 17.5 Å². The van der Waals surface area contributed by atoms with Crippen LogP contribution in [0.3, 0.4) is 0 Å². The van der Waals surface area contributed by atoms with E-state index in [9.17, 15) is 10.2 Å². The Bertz CT molecular complexity index is 601. The van der Waals surface area contributed by atoms with E-state index < -0.39 is 18.3 Å². The lowest BCUT2D eigenvalue weighted by Crippen LogP contribution is -2.24. The molecule has 1 aliphatic rings. The molecule has 1 saturated heterocycles. The molecule has 2 heterocycles. The van der Waals surface area contributed by atoms with Crippen molar-refractivity contribution in [1.82, 2.24) is 4.98 Å². The van der Waals surface area contributed by atoms with Crippen molar-refractivity contribution >= 4 is 10.9 Å². The van der Waals surface area contributed by atoms with E-state index in [2.05, 4.69) is 4.98 Å². The second-order valence-corrected chi connectivity index (χ2v) is 4.73. The van der Waals surface area contributed by atoms with E-state index in [4.69, 9.17) is 9.84 Å². The fraction of sp³-hybridized carbons (Fsp3) is 0.357. The number of hydrogen-bond donors (Lipinski definition) is 3. The van der Waals surface area contributed by atoms with Crippen LogP contribution in [0, 0.1) is 0 Å². The average Bonchev–Trinajstić information content (AvgIpc) is 2.80. The summed E-state index contributed by atoms with van der Waals surface area (Å²) in [6.45, 7) is -0.232. The highest BCUT2D eigenvalue weighted by molar-refractivity contribution is 5.85. The van der Waals surface area contributed by atoms with Crippen LogP contribution in [-0.2, 0) is 4.74 Å². The molecule has 0 saturated carbocycles. The first kappa shape index (κ1) is 12.3. The van der Waals surface area contributed by atoms with Crippen LogP contribution in [0.15, 0.2) is 30.5 Å². The predicted molar refractivity (Wildman–Crippen MR) is 68.7 cm³/mol. The van der Waals surface area contributed by atoms with Gasteiger partial charge >= 0.3 is 0 Å². The second kappa shape index (κ2) is 4.77. The molecule has 3 rings (SSSR count). The maximum absolute atomic E-state index is 10.3. The van der Waals surface area contributed by atoms with E-state index in [-0.39, 0.29) is 12.4 Å². The molecule has 2 aromatic rings. The molecule has 1 aliphatic heterocycles. The lowest BCUT2D eigenvalue weighted by Gasteiger charge is -2.14. The van der Waals surface area contributed by atoms with Gasteiger partial charge in [-0.3, -0.25) is 4.98 Å². The standard InChI is InChI=1S/C14H15NO4/c16-7-12-10(17)6-11(19-12)9-4-3-8-2-1-5-15-13(8)14(9)18/h1-5,10-12,16-18H,6-7H2/t10-,11-,12-/m1/s1. The Morgan fingerprint density at radius 1 is 1.32 bits per heavy atom. The number of fused-ring (bicyclic) bond motifs is 1. The SMILES string of the molecule is OC[C@H]1O[C@@H](c2ccc3cccnc3c2O)C[C@H]1O. The first-order chi connectivity index (χ1) is 9.20. The minimum Gasteiger partial charge on any atom is -0.505 e. The van der Waals surface area contributed by atoms with Crippen molar-refractivity contribution in [2.24, 2.45) is 0 Å². The third-order valence-electron chi connectivity index (χ3n) is 3.53. The number of benzene rings is 1. The average molecular weight is 261 g/mol. The third-order valence-corrected chi connectivity index (χ3v) is 3.53. The molecule has 1 aromatic carbocycles. The highest BCUT2D eigenvalue weighted by atomic mass is 16.5. The van der Waals surface area contributed by atoms with E-state index in [0.717, 1.165) is 5.39 Å². The first-order valence-corrected chi connectivity index (χ1v) is 6.21. The monoisotopic (exact) mass is 261 g/mol. The molecule has 0 aliphatic carbocycles. The number of ether oxygens (including phenoxy) is 1. The van der Waals surface area contributed by atoms with Crippen molar-refractivity contribution in [3.8, 4) is 5.75 Å². The van der Waals surface area contributed by atoms with Gasteiger partial charge in [-0.2, -0.15) is 0 Å².